The highest BCUT2D eigenvalue weighted by Gasteiger charge is 2.42. The van der Waals surface area contributed by atoms with E-state index in [2.05, 4.69) is 0 Å². The summed E-state index contributed by atoms with van der Waals surface area (Å²) < 4.78 is 38.4. The number of hydrogen-bond acceptors (Lipinski definition) is 19. The van der Waals surface area contributed by atoms with E-state index in [4.69, 9.17) is 42.9 Å². The number of hydrogen-bond donors (Lipinski definition) is 1. The highest BCUT2D eigenvalue weighted by Crippen LogP contribution is 2.33. The fraction of sp³-hybridized carbons (Fsp3) is 0.820. The Hall–Kier alpha value is -4.45. The number of rotatable bonds is 35. The summed E-state index contributed by atoms with van der Waals surface area (Å²) in [6, 6.07) is 0. The van der Waals surface area contributed by atoms with Crippen LogP contribution in [-0.4, -0.2) is 154 Å². The Balaban J connectivity index is 1.71. The van der Waals surface area contributed by atoms with E-state index in [1.165, 1.54) is 0 Å². The molecule has 410 valence electrons. The lowest BCUT2D eigenvalue weighted by atomic mass is 9.89. The zero-order valence-electron chi connectivity index (χ0n) is 44.5. The molecule has 3 heterocycles. The smallest absolute Gasteiger partial charge is 0.336 e. The molecule has 0 aliphatic carbocycles. The molecule has 22 heteroatoms. The van der Waals surface area contributed by atoms with E-state index in [-0.39, 0.29) is 97.4 Å². The Labute approximate surface area is 423 Å². The lowest BCUT2D eigenvalue weighted by Crippen LogP contribution is -2.48. The van der Waals surface area contributed by atoms with E-state index in [1.807, 2.05) is 48.5 Å². The van der Waals surface area contributed by atoms with Gasteiger partial charge in [0.1, 0.15) is 0 Å². The Bertz CT molecular complexity index is 1790. The van der Waals surface area contributed by atoms with Gasteiger partial charge in [0.05, 0.1) is 98.4 Å². The van der Waals surface area contributed by atoms with Crippen molar-refractivity contribution in [3.05, 3.63) is 0 Å². The standard InChI is InChI=1S/C50H81N3O19/c1-12-35(28-42(61)70-51-36(55)16-17-37(51)56)64-25-22-47(9,13-2)67-32-50(31-54,33-68-48(10,14-3)23-26-65-45(5,6)29-43(62)71-52-38(57)18-19-39(52)58)34-69-49(11,15-4)24-27-66-46(7,8)30-44(63)72-53-40(59)20-21-41(53)60/h35,54H,12-34H2,1-11H3. The molecule has 0 radical (unpaired) electrons. The average molecular weight is 1030 g/mol. The van der Waals surface area contributed by atoms with Crippen LogP contribution in [0.15, 0.2) is 0 Å². The van der Waals surface area contributed by atoms with E-state index in [0.717, 1.165) is 0 Å². The maximum Gasteiger partial charge on any atom is 0.336 e. The highest BCUT2D eigenvalue weighted by atomic mass is 16.7. The number of hydroxylamine groups is 6. The minimum atomic E-state index is -1.13. The summed E-state index contributed by atoms with van der Waals surface area (Å²) in [7, 11) is 0. The van der Waals surface area contributed by atoms with Crippen LogP contribution < -0.4 is 0 Å². The molecule has 3 rings (SSSR count). The van der Waals surface area contributed by atoms with E-state index < -0.39 is 99.5 Å². The van der Waals surface area contributed by atoms with Crippen molar-refractivity contribution < 1.29 is 91.2 Å². The maximum absolute atomic E-state index is 12.7. The van der Waals surface area contributed by atoms with Crippen molar-refractivity contribution in [2.24, 2.45) is 5.41 Å². The van der Waals surface area contributed by atoms with Gasteiger partial charge in [0.2, 0.25) is 0 Å². The molecule has 3 aliphatic heterocycles. The van der Waals surface area contributed by atoms with Crippen LogP contribution in [-0.2, 0) is 86.1 Å². The molecular weight excluding hydrogens is 947 g/mol. The van der Waals surface area contributed by atoms with Gasteiger partial charge < -0.3 is 48.0 Å². The Morgan fingerprint density at radius 2 is 0.792 bits per heavy atom. The first-order chi connectivity index (χ1) is 33.6. The number of nitrogens with zero attached hydrogens (tertiary/aromatic N) is 3. The van der Waals surface area contributed by atoms with Gasteiger partial charge in [-0.2, -0.15) is 0 Å². The van der Waals surface area contributed by atoms with Gasteiger partial charge >= 0.3 is 17.9 Å². The van der Waals surface area contributed by atoms with Crippen LogP contribution in [0.2, 0.25) is 0 Å². The van der Waals surface area contributed by atoms with Crippen LogP contribution in [0, 0.1) is 5.41 Å². The van der Waals surface area contributed by atoms with Crippen molar-refractivity contribution >= 4 is 53.4 Å². The maximum atomic E-state index is 12.7. The van der Waals surface area contributed by atoms with Crippen LogP contribution in [0.4, 0.5) is 0 Å². The first kappa shape index (κ1) is 61.8. The fourth-order valence-electron chi connectivity index (χ4n) is 7.51. The molecule has 0 bridgehead atoms. The second-order valence-corrected chi connectivity index (χ2v) is 21.0. The summed E-state index contributed by atoms with van der Waals surface area (Å²) in [4.78, 5) is 125. The van der Waals surface area contributed by atoms with Crippen LogP contribution >= 0.6 is 0 Å². The molecule has 0 spiro atoms. The predicted octanol–water partition coefficient (Wildman–Crippen LogP) is 5.07. The minimum absolute atomic E-state index is 0.0158. The molecule has 3 fully saturated rings. The van der Waals surface area contributed by atoms with Crippen molar-refractivity contribution in [2.45, 2.75) is 213 Å². The van der Waals surface area contributed by atoms with E-state index in [1.54, 1.807) is 27.7 Å². The Morgan fingerprint density at radius 1 is 0.486 bits per heavy atom. The third kappa shape index (κ3) is 19.4. The Morgan fingerprint density at radius 3 is 1.08 bits per heavy atom. The highest BCUT2D eigenvalue weighted by molar-refractivity contribution is 6.02. The van der Waals surface area contributed by atoms with Crippen molar-refractivity contribution in [3.63, 3.8) is 0 Å². The lowest BCUT2D eigenvalue weighted by molar-refractivity contribution is -0.202. The molecule has 0 saturated carbocycles. The van der Waals surface area contributed by atoms with Crippen molar-refractivity contribution in [1.82, 2.24) is 15.2 Å². The van der Waals surface area contributed by atoms with Gasteiger partial charge in [0.25, 0.3) is 35.4 Å². The summed E-state index contributed by atoms with van der Waals surface area (Å²) in [6.45, 7) is 20.2. The summed E-state index contributed by atoms with van der Waals surface area (Å²) in [5, 5.41) is 12.8. The van der Waals surface area contributed by atoms with Crippen LogP contribution in [0.1, 0.15) is 179 Å². The Kier molecular flexibility index (Phi) is 23.4. The van der Waals surface area contributed by atoms with E-state index in [0.29, 0.717) is 60.1 Å². The molecule has 1 N–H and O–H groups in total. The number of amides is 6. The minimum Gasteiger partial charge on any atom is -0.396 e. The number of carbonyl (C=O) groups is 9. The van der Waals surface area contributed by atoms with Gasteiger partial charge in [0.15, 0.2) is 0 Å². The lowest BCUT2D eigenvalue weighted by Gasteiger charge is -2.42. The number of aliphatic hydroxyl groups is 1. The third-order valence-corrected chi connectivity index (χ3v) is 13.6. The quantitative estimate of drug-likeness (QED) is 0.0812. The molecule has 72 heavy (non-hydrogen) atoms. The second kappa shape index (κ2) is 27.2. The molecule has 0 aromatic rings. The summed E-state index contributed by atoms with van der Waals surface area (Å²) in [5.41, 5.74) is -5.59. The SMILES string of the molecule is CCC(CC(=O)ON1C(=O)CCC1=O)OCCC(C)(CC)OCC(CO)(COC(C)(CC)CCOC(C)(C)CC(=O)ON1C(=O)CCC1=O)COC(C)(CC)CCOC(C)(C)CC(=O)ON1C(=O)CCC1=O. The molecule has 0 aromatic heterocycles. The van der Waals surface area contributed by atoms with E-state index >= 15 is 0 Å². The summed E-state index contributed by atoms with van der Waals surface area (Å²) in [5.74, 6) is -5.80. The van der Waals surface area contributed by atoms with E-state index in [9.17, 15) is 48.3 Å². The third-order valence-electron chi connectivity index (χ3n) is 13.6. The molecule has 6 amide bonds. The van der Waals surface area contributed by atoms with Gasteiger partial charge in [0, 0.05) is 45.1 Å². The molecule has 4 unspecified atom stereocenters. The van der Waals surface area contributed by atoms with Gasteiger partial charge in [-0.3, -0.25) is 28.8 Å². The summed E-state index contributed by atoms with van der Waals surface area (Å²) >= 11 is 0. The van der Waals surface area contributed by atoms with Crippen LogP contribution in [0.5, 0.6) is 0 Å². The monoisotopic (exact) mass is 1030 g/mol. The zero-order valence-corrected chi connectivity index (χ0v) is 44.5. The second-order valence-electron chi connectivity index (χ2n) is 21.0. The van der Waals surface area contributed by atoms with Crippen LogP contribution in [0.25, 0.3) is 0 Å². The summed E-state index contributed by atoms with van der Waals surface area (Å²) in [6.07, 6.45) is 1.83. The largest absolute Gasteiger partial charge is 0.396 e. The van der Waals surface area contributed by atoms with Gasteiger partial charge in [-0.1, -0.05) is 27.7 Å². The fourth-order valence-corrected chi connectivity index (χ4v) is 7.51. The number of ether oxygens (including phenoxy) is 6. The van der Waals surface area contributed by atoms with Gasteiger partial charge in [-0.05, 0) is 93.4 Å². The molecular formula is C50H81N3O19. The predicted molar refractivity (Wildman–Crippen MR) is 253 cm³/mol. The van der Waals surface area contributed by atoms with Crippen molar-refractivity contribution in [2.75, 3.05) is 46.2 Å². The number of aliphatic hydroxyl groups excluding tert-OH is 1. The van der Waals surface area contributed by atoms with Gasteiger partial charge in [-0.15, -0.1) is 15.2 Å². The number of carbonyl (C=O) groups excluding carboxylic acids is 9. The zero-order chi connectivity index (χ0) is 54.1. The molecule has 0 aromatic carbocycles. The molecule has 4 atom stereocenters. The molecule has 3 saturated heterocycles. The molecule has 22 nitrogen and oxygen atoms in total. The number of imide groups is 3. The van der Waals surface area contributed by atoms with Crippen molar-refractivity contribution in [1.29, 1.82) is 0 Å². The van der Waals surface area contributed by atoms with Crippen molar-refractivity contribution in [3.8, 4) is 0 Å². The van der Waals surface area contributed by atoms with Crippen LogP contribution in [0.3, 0.4) is 0 Å². The average Bonchev–Trinajstić information content (AvgIpc) is 3.93. The topological polar surface area (TPSA) is 267 Å². The normalized spacial score (nSPS) is 19.6. The first-order valence-electron chi connectivity index (χ1n) is 25.2. The molecule has 3 aliphatic rings. The first-order valence-corrected chi connectivity index (χ1v) is 25.2. The van der Waals surface area contributed by atoms with Gasteiger partial charge in [-0.25, -0.2) is 14.4 Å².